The van der Waals surface area contributed by atoms with E-state index in [1.165, 1.54) is 0 Å². The highest BCUT2D eigenvalue weighted by Gasteiger charge is 2.13. The van der Waals surface area contributed by atoms with Gasteiger partial charge in [0.05, 0.1) is 10.6 Å². The van der Waals surface area contributed by atoms with Crippen LogP contribution in [0.2, 0.25) is 0 Å². The molecule has 1 N–H and O–H groups in total. The van der Waals surface area contributed by atoms with Gasteiger partial charge < -0.3 is 5.32 Å². The summed E-state index contributed by atoms with van der Waals surface area (Å²) >= 11 is 0. The molecule has 0 saturated heterocycles. The van der Waals surface area contributed by atoms with E-state index in [2.05, 4.69) is 26.1 Å². The van der Waals surface area contributed by atoms with Crippen molar-refractivity contribution in [1.29, 1.82) is 0 Å². The molecule has 0 aliphatic carbocycles. The highest BCUT2D eigenvalue weighted by Crippen LogP contribution is 2.18. The molecule has 0 spiro atoms. The van der Waals surface area contributed by atoms with Crippen molar-refractivity contribution in [3.05, 3.63) is 24.3 Å². The molecule has 1 aromatic rings. The molecule has 0 radical (unpaired) electrons. The van der Waals surface area contributed by atoms with E-state index >= 15 is 0 Å². The van der Waals surface area contributed by atoms with Gasteiger partial charge in [0.25, 0.3) is 0 Å². The van der Waals surface area contributed by atoms with Crippen LogP contribution in [0.25, 0.3) is 0 Å². The Labute approximate surface area is 111 Å². The Bertz CT molecular complexity index is 463. The summed E-state index contributed by atoms with van der Waals surface area (Å²) in [5.74, 6) is 0.692. The monoisotopic (exact) mass is 269 g/mol. The van der Waals surface area contributed by atoms with E-state index in [4.69, 9.17) is 0 Å². The topological polar surface area (TPSA) is 46.2 Å². The molecular formula is C14H23NO2S. The van der Waals surface area contributed by atoms with Crippen molar-refractivity contribution in [3.8, 4) is 0 Å². The highest BCUT2D eigenvalue weighted by molar-refractivity contribution is 7.91. The van der Waals surface area contributed by atoms with Crippen molar-refractivity contribution in [2.24, 2.45) is 5.92 Å². The second kappa shape index (κ2) is 6.23. The minimum atomic E-state index is -3.09. The highest BCUT2D eigenvalue weighted by atomic mass is 32.2. The van der Waals surface area contributed by atoms with Crippen LogP contribution < -0.4 is 5.32 Å². The van der Waals surface area contributed by atoms with Gasteiger partial charge in [0, 0.05) is 11.7 Å². The van der Waals surface area contributed by atoms with Gasteiger partial charge in [-0.05, 0) is 36.6 Å². The average Bonchev–Trinajstić information content (AvgIpc) is 2.36. The molecule has 0 fully saturated rings. The first-order chi connectivity index (χ1) is 8.40. The zero-order valence-corrected chi connectivity index (χ0v) is 12.4. The van der Waals surface area contributed by atoms with Gasteiger partial charge in [0.2, 0.25) is 0 Å². The van der Waals surface area contributed by atoms with E-state index in [0.717, 1.165) is 12.1 Å². The van der Waals surface area contributed by atoms with E-state index < -0.39 is 9.84 Å². The van der Waals surface area contributed by atoms with Crippen molar-refractivity contribution in [1.82, 2.24) is 0 Å². The minimum Gasteiger partial charge on any atom is -0.382 e. The fourth-order valence-electron chi connectivity index (χ4n) is 1.88. The van der Waals surface area contributed by atoms with Gasteiger partial charge in [-0.15, -0.1) is 0 Å². The lowest BCUT2D eigenvalue weighted by atomic mass is 10.0. The summed E-state index contributed by atoms with van der Waals surface area (Å²) in [6, 6.07) is 7.45. The predicted molar refractivity (Wildman–Crippen MR) is 76.7 cm³/mol. The van der Waals surface area contributed by atoms with Gasteiger partial charge in [0.15, 0.2) is 9.84 Å². The van der Waals surface area contributed by atoms with Crippen molar-refractivity contribution < 1.29 is 8.42 Å². The zero-order chi connectivity index (χ0) is 13.8. The van der Waals surface area contributed by atoms with E-state index in [0.29, 0.717) is 16.9 Å². The van der Waals surface area contributed by atoms with Crippen molar-refractivity contribution >= 4 is 15.5 Å². The van der Waals surface area contributed by atoms with Crippen LogP contribution in [-0.4, -0.2) is 20.2 Å². The molecule has 102 valence electrons. The third-order valence-corrected chi connectivity index (χ3v) is 4.94. The molecule has 1 rings (SSSR count). The number of rotatable bonds is 6. The maximum atomic E-state index is 11.7. The summed E-state index contributed by atoms with van der Waals surface area (Å²) in [6.07, 6.45) is 1.05. The first kappa shape index (κ1) is 15.0. The number of anilines is 1. The second-order valence-electron chi connectivity index (χ2n) is 4.83. The number of sulfone groups is 1. The Balaban J connectivity index is 2.84. The van der Waals surface area contributed by atoms with E-state index in [-0.39, 0.29) is 5.75 Å². The number of hydrogen-bond donors (Lipinski definition) is 1. The zero-order valence-electron chi connectivity index (χ0n) is 11.6. The molecule has 0 amide bonds. The summed E-state index contributed by atoms with van der Waals surface area (Å²) in [4.78, 5) is 0.396. The molecule has 0 bridgehead atoms. The Kier molecular flexibility index (Phi) is 5.20. The molecule has 0 aliphatic heterocycles. The Morgan fingerprint density at radius 1 is 1.11 bits per heavy atom. The lowest BCUT2D eigenvalue weighted by Crippen LogP contribution is -2.24. The van der Waals surface area contributed by atoms with Gasteiger partial charge in [-0.25, -0.2) is 8.42 Å². The van der Waals surface area contributed by atoms with Crippen LogP contribution in [0.15, 0.2) is 29.2 Å². The molecule has 0 saturated carbocycles. The van der Waals surface area contributed by atoms with Crippen molar-refractivity contribution in [3.63, 3.8) is 0 Å². The summed E-state index contributed by atoms with van der Waals surface area (Å²) < 4.78 is 23.4. The quantitative estimate of drug-likeness (QED) is 0.861. The van der Waals surface area contributed by atoms with Crippen LogP contribution in [0.5, 0.6) is 0 Å². The summed E-state index contributed by atoms with van der Waals surface area (Å²) in [5, 5.41) is 3.43. The molecule has 1 atom stereocenters. The van der Waals surface area contributed by atoms with Gasteiger partial charge in [-0.3, -0.25) is 0 Å². The van der Waals surface area contributed by atoms with Crippen molar-refractivity contribution in [2.75, 3.05) is 11.1 Å². The van der Waals surface area contributed by atoms with Crippen LogP contribution in [0.3, 0.4) is 0 Å². The van der Waals surface area contributed by atoms with Crippen LogP contribution >= 0.6 is 0 Å². The third-order valence-electron chi connectivity index (χ3n) is 3.19. The molecule has 18 heavy (non-hydrogen) atoms. The maximum absolute atomic E-state index is 11.7. The predicted octanol–water partition coefficient (Wildman–Crippen LogP) is 3.33. The van der Waals surface area contributed by atoms with Crippen LogP contribution in [-0.2, 0) is 9.84 Å². The number of benzene rings is 1. The summed E-state index contributed by atoms with van der Waals surface area (Å²) in [5.41, 5.74) is 0.977. The first-order valence-corrected chi connectivity index (χ1v) is 8.15. The van der Waals surface area contributed by atoms with Crippen molar-refractivity contribution in [2.45, 2.75) is 45.1 Å². The second-order valence-corrected chi connectivity index (χ2v) is 7.11. The average molecular weight is 269 g/mol. The SMILES string of the molecule is CCC(Nc1ccc(S(=O)(=O)CC)cc1)C(C)C. The molecule has 3 nitrogen and oxygen atoms in total. The van der Waals surface area contributed by atoms with Gasteiger partial charge in [-0.1, -0.05) is 27.7 Å². The van der Waals surface area contributed by atoms with Crippen LogP contribution in [0.1, 0.15) is 34.1 Å². The Morgan fingerprint density at radius 3 is 2.06 bits per heavy atom. The molecule has 0 heterocycles. The Morgan fingerprint density at radius 2 is 1.67 bits per heavy atom. The first-order valence-electron chi connectivity index (χ1n) is 6.50. The third kappa shape index (κ3) is 3.73. The smallest absolute Gasteiger partial charge is 0.178 e. The fraction of sp³-hybridized carbons (Fsp3) is 0.571. The van der Waals surface area contributed by atoms with E-state index in [1.54, 1.807) is 19.1 Å². The summed E-state index contributed by atoms with van der Waals surface area (Å²) in [6.45, 7) is 8.16. The fourth-order valence-corrected chi connectivity index (χ4v) is 2.76. The van der Waals surface area contributed by atoms with Gasteiger partial charge in [-0.2, -0.15) is 0 Å². The van der Waals surface area contributed by atoms with E-state index in [9.17, 15) is 8.42 Å². The maximum Gasteiger partial charge on any atom is 0.178 e. The number of hydrogen-bond acceptors (Lipinski definition) is 3. The van der Waals surface area contributed by atoms with Gasteiger partial charge >= 0.3 is 0 Å². The standard InChI is InChI=1S/C14H23NO2S/c1-5-14(11(3)4)15-12-7-9-13(10-8-12)18(16,17)6-2/h7-11,14-15H,5-6H2,1-4H3. The van der Waals surface area contributed by atoms with Crippen LogP contribution in [0.4, 0.5) is 5.69 Å². The molecule has 4 heteroatoms. The molecular weight excluding hydrogens is 246 g/mol. The lowest BCUT2D eigenvalue weighted by molar-refractivity contribution is 0.511. The largest absolute Gasteiger partial charge is 0.382 e. The molecule has 0 aromatic heterocycles. The van der Waals surface area contributed by atoms with E-state index in [1.807, 2.05) is 12.1 Å². The Hall–Kier alpha value is -1.03. The molecule has 1 unspecified atom stereocenters. The van der Waals surface area contributed by atoms with Crippen LogP contribution in [0, 0.1) is 5.92 Å². The lowest BCUT2D eigenvalue weighted by Gasteiger charge is -2.22. The summed E-state index contributed by atoms with van der Waals surface area (Å²) in [7, 11) is -3.09. The normalized spacial score (nSPS) is 13.6. The molecule has 0 aliphatic rings. The van der Waals surface area contributed by atoms with Gasteiger partial charge in [0.1, 0.15) is 0 Å². The number of nitrogens with one attached hydrogen (secondary N) is 1. The minimum absolute atomic E-state index is 0.142. The molecule has 1 aromatic carbocycles.